The van der Waals surface area contributed by atoms with Crippen molar-refractivity contribution >= 4 is 23.6 Å². The van der Waals surface area contributed by atoms with E-state index in [1.165, 1.54) is 6.08 Å². The third-order valence-electron chi connectivity index (χ3n) is 4.16. The van der Waals surface area contributed by atoms with Crippen LogP contribution in [-0.4, -0.2) is 19.1 Å². The van der Waals surface area contributed by atoms with Crippen LogP contribution in [0.1, 0.15) is 31.4 Å². The second-order valence-corrected chi connectivity index (χ2v) is 6.71. The number of amides is 1. The van der Waals surface area contributed by atoms with Gasteiger partial charge in [-0.2, -0.15) is 5.26 Å². The maximum atomic E-state index is 12.2. The standard InChI is InChI=1S/C22H23ClN2O3/c1-4-15(2)25-22(26)18(13-24)11-17-7-10-20(21(12-17)27-3)28-14-16-5-8-19(23)9-6-16/h5-12,15H,4,14H2,1-3H3,(H,25,26)/b18-11+/t15-/m1/s1. The average molecular weight is 399 g/mol. The van der Waals surface area contributed by atoms with Crippen molar-refractivity contribution in [3.8, 4) is 17.6 Å². The van der Waals surface area contributed by atoms with Crippen LogP contribution in [0.15, 0.2) is 48.0 Å². The van der Waals surface area contributed by atoms with Gasteiger partial charge < -0.3 is 14.8 Å². The fraction of sp³-hybridized carbons (Fsp3) is 0.273. The number of nitriles is 1. The predicted molar refractivity (Wildman–Crippen MR) is 110 cm³/mol. The van der Waals surface area contributed by atoms with Crippen molar-refractivity contribution in [3.63, 3.8) is 0 Å². The van der Waals surface area contributed by atoms with Gasteiger partial charge in [0.2, 0.25) is 0 Å². The number of carbonyl (C=O) groups is 1. The third-order valence-corrected chi connectivity index (χ3v) is 4.41. The van der Waals surface area contributed by atoms with E-state index >= 15 is 0 Å². The summed E-state index contributed by atoms with van der Waals surface area (Å²) >= 11 is 5.89. The van der Waals surface area contributed by atoms with Crippen molar-refractivity contribution < 1.29 is 14.3 Å². The number of hydrogen-bond acceptors (Lipinski definition) is 4. The van der Waals surface area contributed by atoms with Crippen LogP contribution in [0.4, 0.5) is 0 Å². The number of nitrogens with zero attached hydrogens (tertiary/aromatic N) is 1. The first kappa shape index (κ1) is 21.3. The highest BCUT2D eigenvalue weighted by Crippen LogP contribution is 2.29. The van der Waals surface area contributed by atoms with Gasteiger partial charge in [-0.15, -0.1) is 0 Å². The molecule has 146 valence electrons. The van der Waals surface area contributed by atoms with Crippen LogP contribution >= 0.6 is 11.6 Å². The summed E-state index contributed by atoms with van der Waals surface area (Å²) in [4.78, 5) is 12.2. The molecule has 0 aromatic heterocycles. The molecule has 6 heteroatoms. The van der Waals surface area contributed by atoms with Gasteiger partial charge in [-0.3, -0.25) is 4.79 Å². The van der Waals surface area contributed by atoms with Gasteiger partial charge >= 0.3 is 0 Å². The highest BCUT2D eigenvalue weighted by molar-refractivity contribution is 6.30. The Labute approximate surface area is 170 Å². The lowest BCUT2D eigenvalue weighted by atomic mass is 10.1. The fourth-order valence-corrected chi connectivity index (χ4v) is 2.48. The summed E-state index contributed by atoms with van der Waals surface area (Å²) < 4.78 is 11.2. The highest BCUT2D eigenvalue weighted by Gasteiger charge is 2.12. The first-order valence-corrected chi connectivity index (χ1v) is 9.32. The lowest BCUT2D eigenvalue weighted by molar-refractivity contribution is -0.117. The molecule has 0 fully saturated rings. The number of benzene rings is 2. The van der Waals surface area contributed by atoms with Crippen LogP contribution in [0.2, 0.25) is 5.02 Å². The number of methoxy groups -OCH3 is 1. The van der Waals surface area contributed by atoms with Crippen molar-refractivity contribution in [3.05, 3.63) is 64.2 Å². The normalized spacial score (nSPS) is 12.0. The largest absolute Gasteiger partial charge is 0.493 e. The molecule has 0 aliphatic carbocycles. The predicted octanol–water partition coefficient (Wildman–Crippen LogP) is 4.75. The minimum Gasteiger partial charge on any atom is -0.493 e. The molecular formula is C22H23ClN2O3. The lowest BCUT2D eigenvalue weighted by Gasteiger charge is -2.12. The van der Waals surface area contributed by atoms with Crippen molar-refractivity contribution in [2.45, 2.75) is 32.9 Å². The Morgan fingerprint density at radius 2 is 1.96 bits per heavy atom. The number of rotatable bonds is 8. The molecule has 0 aliphatic heterocycles. The molecule has 0 spiro atoms. The van der Waals surface area contributed by atoms with E-state index in [9.17, 15) is 10.1 Å². The van der Waals surface area contributed by atoms with Crippen molar-refractivity contribution in [1.29, 1.82) is 5.26 Å². The molecule has 0 saturated carbocycles. The molecule has 2 aromatic rings. The molecule has 0 heterocycles. The van der Waals surface area contributed by atoms with E-state index in [1.54, 1.807) is 37.4 Å². The van der Waals surface area contributed by atoms with Gasteiger partial charge in [0, 0.05) is 11.1 Å². The van der Waals surface area contributed by atoms with E-state index in [4.69, 9.17) is 21.1 Å². The second-order valence-electron chi connectivity index (χ2n) is 6.28. The molecule has 0 saturated heterocycles. The lowest BCUT2D eigenvalue weighted by Crippen LogP contribution is -2.32. The number of carbonyl (C=O) groups excluding carboxylic acids is 1. The maximum Gasteiger partial charge on any atom is 0.262 e. The number of nitrogens with one attached hydrogen (secondary N) is 1. The Morgan fingerprint density at radius 1 is 1.25 bits per heavy atom. The number of halogens is 1. The third kappa shape index (κ3) is 6.04. The van der Waals surface area contributed by atoms with Crippen LogP contribution in [-0.2, 0) is 11.4 Å². The van der Waals surface area contributed by atoms with Crippen LogP contribution in [0.5, 0.6) is 11.5 Å². The molecule has 0 aliphatic rings. The van der Waals surface area contributed by atoms with E-state index in [2.05, 4.69) is 5.32 Å². The van der Waals surface area contributed by atoms with Gasteiger partial charge in [-0.1, -0.05) is 36.7 Å². The summed E-state index contributed by atoms with van der Waals surface area (Å²) in [5.41, 5.74) is 1.69. The summed E-state index contributed by atoms with van der Waals surface area (Å²) in [5, 5.41) is 12.8. The molecule has 0 bridgehead atoms. The second kappa shape index (κ2) is 10.4. The molecular weight excluding hydrogens is 376 g/mol. The summed E-state index contributed by atoms with van der Waals surface area (Å²) in [6.45, 7) is 4.22. The fourth-order valence-electron chi connectivity index (χ4n) is 2.35. The van der Waals surface area contributed by atoms with E-state index in [0.717, 1.165) is 12.0 Å². The van der Waals surface area contributed by atoms with Crippen molar-refractivity contribution in [1.82, 2.24) is 5.32 Å². The molecule has 0 unspecified atom stereocenters. The minimum atomic E-state index is -0.390. The number of ether oxygens (including phenoxy) is 2. The first-order valence-electron chi connectivity index (χ1n) is 8.94. The summed E-state index contributed by atoms with van der Waals surface area (Å²) in [5.74, 6) is 0.693. The first-order chi connectivity index (χ1) is 13.5. The molecule has 5 nitrogen and oxygen atoms in total. The summed E-state index contributed by atoms with van der Waals surface area (Å²) in [7, 11) is 1.54. The van der Waals surface area contributed by atoms with E-state index in [0.29, 0.717) is 28.7 Å². The Balaban J connectivity index is 2.15. The number of hydrogen-bond donors (Lipinski definition) is 1. The molecule has 2 aromatic carbocycles. The van der Waals surface area contributed by atoms with Gasteiger partial charge in [-0.05, 0) is 54.8 Å². The van der Waals surface area contributed by atoms with Gasteiger partial charge in [0.05, 0.1) is 7.11 Å². The smallest absolute Gasteiger partial charge is 0.262 e. The van der Waals surface area contributed by atoms with E-state index in [1.807, 2.05) is 32.0 Å². The van der Waals surface area contributed by atoms with E-state index in [-0.39, 0.29) is 17.5 Å². The van der Waals surface area contributed by atoms with Crippen molar-refractivity contribution in [2.24, 2.45) is 0 Å². The zero-order valence-electron chi connectivity index (χ0n) is 16.2. The molecule has 1 atom stereocenters. The zero-order chi connectivity index (χ0) is 20.5. The average Bonchev–Trinajstić information content (AvgIpc) is 2.71. The van der Waals surface area contributed by atoms with Crippen molar-refractivity contribution in [2.75, 3.05) is 7.11 Å². The van der Waals surface area contributed by atoms with Gasteiger partial charge in [0.15, 0.2) is 11.5 Å². The van der Waals surface area contributed by atoms with Crippen LogP contribution < -0.4 is 14.8 Å². The maximum absolute atomic E-state index is 12.2. The van der Waals surface area contributed by atoms with Crippen LogP contribution in [0.25, 0.3) is 6.08 Å². The monoisotopic (exact) mass is 398 g/mol. The Hall–Kier alpha value is -2.97. The zero-order valence-corrected chi connectivity index (χ0v) is 16.9. The molecule has 0 radical (unpaired) electrons. The van der Waals surface area contributed by atoms with E-state index < -0.39 is 0 Å². The SMILES string of the molecule is CC[C@@H](C)NC(=O)/C(C#N)=C/c1ccc(OCc2ccc(Cl)cc2)c(OC)c1. The highest BCUT2D eigenvalue weighted by atomic mass is 35.5. The van der Waals surface area contributed by atoms with Crippen LogP contribution in [0.3, 0.4) is 0 Å². The summed E-state index contributed by atoms with van der Waals surface area (Å²) in [6.07, 6.45) is 2.32. The molecule has 1 amide bonds. The molecule has 2 rings (SSSR count). The Kier molecular flexibility index (Phi) is 7.91. The quantitative estimate of drug-likeness (QED) is 0.514. The van der Waals surface area contributed by atoms with Gasteiger partial charge in [0.25, 0.3) is 5.91 Å². The van der Waals surface area contributed by atoms with Gasteiger partial charge in [0.1, 0.15) is 18.2 Å². The van der Waals surface area contributed by atoms with Crippen LogP contribution in [0, 0.1) is 11.3 Å². The topological polar surface area (TPSA) is 71.4 Å². The molecule has 28 heavy (non-hydrogen) atoms. The molecule has 1 N–H and O–H groups in total. The Bertz CT molecular complexity index is 886. The Morgan fingerprint density at radius 3 is 2.57 bits per heavy atom. The summed E-state index contributed by atoms with van der Waals surface area (Å²) in [6, 6.07) is 14.6. The minimum absolute atomic E-state index is 0.00225. The van der Waals surface area contributed by atoms with Gasteiger partial charge in [-0.25, -0.2) is 0 Å².